The lowest BCUT2D eigenvalue weighted by Gasteiger charge is -2.49. The molecule has 0 spiro atoms. The fourth-order valence-electron chi connectivity index (χ4n) is 4.16. The summed E-state index contributed by atoms with van der Waals surface area (Å²) in [6.07, 6.45) is -0.528. The maximum absolute atomic E-state index is 13.5. The molecule has 0 aliphatic carbocycles. The molecule has 8 heteroatoms. The van der Waals surface area contributed by atoms with E-state index in [4.69, 9.17) is 27.9 Å². The average Bonchev–Trinajstić information content (AvgIpc) is 2.71. The van der Waals surface area contributed by atoms with Gasteiger partial charge in [-0.25, -0.2) is 8.42 Å². The summed E-state index contributed by atoms with van der Waals surface area (Å²) in [5.74, 6) is -0.403. The summed E-state index contributed by atoms with van der Waals surface area (Å²) in [5.41, 5.74) is 1.11. The van der Waals surface area contributed by atoms with Crippen molar-refractivity contribution in [3.8, 4) is 0 Å². The summed E-state index contributed by atoms with van der Waals surface area (Å²) in [6.45, 7) is 10.8. The number of halogens is 2. The highest BCUT2D eigenvalue weighted by Crippen LogP contribution is 2.45. The second-order valence-electron chi connectivity index (χ2n) is 10.9. The smallest absolute Gasteiger partial charge is 0.249 e. The number of nitrogens with zero attached hydrogens (tertiary/aromatic N) is 1. The number of morpholine rings is 1. The lowest BCUT2D eigenvalue weighted by molar-refractivity contribution is -0.166. The molecule has 1 fully saturated rings. The van der Waals surface area contributed by atoms with Gasteiger partial charge in [-0.3, -0.25) is 4.79 Å². The summed E-state index contributed by atoms with van der Waals surface area (Å²) in [5, 5.41) is 1.13. The number of amides is 1. The zero-order chi connectivity index (χ0) is 25.5. The number of rotatable bonds is 5. The maximum Gasteiger partial charge on any atom is 0.249 e. The summed E-state index contributed by atoms with van der Waals surface area (Å²) < 4.78 is 31.8. The normalized spacial score (nSPS) is 20.9. The van der Waals surface area contributed by atoms with Crippen molar-refractivity contribution in [1.29, 1.82) is 0 Å². The molecule has 2 unspecified atom stereocenters. The Morgan fingerprint density at radius 1 is 0.971 bits per heavy atom. The number of carbonyl (C=O) groups excluding carboxylic acids is 1. The molecule has 0 saturated carbocycles. The minimum absolute atomic E-state index is 0.149. The summed E-state index contributed by atoms with van der Waals surface area (Å²) in [4.78, 5) is 15.2. The van der Waals surface area contributed by atoms with Crippen LogP contribution in [0.25, 0.3) is 0 Å². The van der Waals surface area contributed by atoms with Gasteiger partial charge in [-0.15, -0.1) is 0 Å². The molecular formula is C26H33Cl2NO4S. The van der Waals surface area contributed by atoms with Gasteiger partial charge >= 0.3 is 0 Å². The Morgan fingerprint density at radius 3 is 2.12 bits per heavy atom. The first-order valence-corrected chi connectivity index (χ1v) is 13.7. The van der Waals surface area contributed by atoms with E-state index in [1.807, 2.05) is 51.1 Å². The van der Waals surface area contributed by atoms with Crippen LogP contribution < -0.4 is 0 Å². The molecule has 186 valence electrons. The molecule has 0 bridgehead atoms. The van der Waals surface area contributed by atoms with Crippen molar-refractivity contribution in [1.82, 2.24) is 4.90 Å². The van der Waals surface area contributed by atoms with E-state index in [0.29, 0.717) is 10.0 Å². The van der Waals surface area contributed by atoms with E-state index in [2.05, 4.69) is 0 Å². The van der Waals surface area contributed by atoms with Gasteiger partial charge in [-0.2, -0.15) is 0 Å². The number of hydrogen-bond acceptors (Lipinski definition) is 4. The minimum Gasteiger partial charge on any atom is -0.361 e. The number of carbonyl (C=O) groups is 1. The van der Waals surface area contributed by atoms with Gasteiger partial charge in [0.25, 0.3) is 0 Å². The molecular weight excluding hydrogens is 493 g/mol. The molecule has 0 aromatic heterocycles. The molecule has 1 aliphatic rings. The van der Waals surface area contributed by atoms with Crippen LogP contribution in [0.15, 0.2) is 48.5 Å². The van der Waals surface area contributed by atoms with Gasteiger partial charge in [0, 0.05) is 10.0 Å². The second-order valence-corrected chi connectivity index (χ2v) is 14.5. The van der Waals surface area contributed by atoms with Crippen LogP contribution in [0.4, 0.5) is 0 Å². The maximum atomic E-state index is 13.5. The van der Waals surface area contributed by atoms with Crippen molar-refractivity contribution in [2.75, 3.05) is 12.4 Å². The Hall–Kier alpha value is -1.60. The van der Waals surface area contributed by atoms with E-state index in [1.54, 1.807) is 43.9 Å². The molecule has 34 heavy (non-hydrogen) atoms. The first-order chi connectivity index (χ1) is 15.6. The Balaban J connectivity index is 2.20. The highest BCUT2D eigenvalue weighted by molar-refractivity contribution is 7.92. The van der Waals surface area contributed by atoms with Crippen molar-refractivity contribution >= 4 is 38.9 Å². The standard InChI is InChI=1S/C26H33Cl2NO4S/c1-25(2,3)21(16-34(31,32)26(4,5)6)29-22(30)15-33-24(18-8-7-9-20(28)14-18)23(29)17-10-12-19(27)13-11-17/h7-14,21,23-24H,15-16H2,1-6H3/t21-,23?,24?/m1/s1. The van der Waals surface area contributed by atoms with Crippen LogP contribution >= 0.6 is 23.2 Å². The van der Waals surface area contributed by atoms with E-state index in [9.17, 15) is 13.2 Å². The van der Waals surface area contributed by atoms with Gasteiger partial charge in [-0.1, -0.05) is 68.2 Å². The predicted octanol–water partition coefficient (Wildman–Crippen LogP) is 6.26. The number of benzene rings is 2. The van der Waals surface area contributed by atoms with Crippen LogP contribution in [0.1, 0.15) is 64.8 Å². The van der Waals surface area contributed by atoms with Crippen LogP contribution in [0.5, 0.6) is 0 Å². The highest BCUT2D eigenvalue weighted by atomic mass is 35.5. The molecule has 5 nitrogen and oxygen atoms in total. The zero-order valence-corrected chi connectivity index (χ0v) is 22.8. The number of hydrogen-bond donors (Lipinski definition) is 0. The summed E-state index contributed by atoms with van der Waals surface area (Å²) >= 11 is 12.4. The van der Waals surface area contributed by atoms with E-state index >= 15 is 0 Å². The first kappa shape index (κ1) is 27.0. The molecule has 1 aliphatic heterocycles. The van der Waals surface area contributed by atoms with E-state index in [1.165, 1.54) is 0 Å². The predicted molar refractivity (Wildman–Crippen MR) is 138 cm³/mol. The van der Waals surface area contributed by atoms with Crippen LogP contribution in [0.2, 0.25) is 10.0 Å². The topological polar surface area (TPSA) is 63.7 Å². The van der Waals surface area contributed by atoms with Crippen LogP contribution in [0.3, 0.4) is 0 Å². The molecule has 2 aromatic rings. The zero-order valence-electron chi connectivity index (χ0n) is 20.5. The van der Waals surface area contributed by atoms with Gasteiger partial charge in [0.05, 0.1) is 22.6 Å². The van der Waals surface area contributed by atoms with Crippen LogP contribution in [0, 0.1) is 5.41 Å². The Kier molecular flexibility index (Phi) is 7.79. The SMILES string of the molecule is CC(C)(C)[C@@H](CS(=O)(=O)C(C)(C)C)N1C(=O)COC(c2cccc(Cl)c2)C1c1ccc(Cl)cc1. The molecule has 2 aromatic carbocycles. The number of sulfone groups is 1. The van der Waals surface area contributed by atoms with Gasteiger partial charge in [0.1, 0.15) is 12.7 Å². The second kappa shape index (κ2) is 9.81. The van der Waals surface area contributed by atoms with Crippen molar-refractivity contribution in [2.24, 2.45) is 5.41 Å². The van der Waals surface area contributed by atoms with Gasteiger partial charge in [0.2, 0.25) is 5.91 Å². The van der Waals surface area contributed by atoms with Crippen LogP contribution in [-0.4, -0.2) is 42.4 Å². The van der Waals surface area contributed by atoms with Crippen molar-refractivity contribution in [3.05, 3.63) is 69.7 Å². The molecule has 3 rings (SSSR count). The molecule has 0 radical (unpaired) electrons. The van der Waals surface area contributed by atoms with Gasteiger partial charge < -0.3 is 9.64 Å². The van der Waals surface area contributed by atoms with E-state index in [-0.39, 0.29) is 18.3 Å². The van der Waals surface area contributed by atoms with Gasteiger partial charge in [0.15, 0.2) is 9.84 Å². The Bertz CT molecular complexity index is 1130. The quantitative estimate of drug-likeness (QED) is 0.461. The van der Waals surface area contributed by atoms with Crippen molar-refractivity contribution < 1.29 is 17.9 Å². The molecule has 3 atom stereocenters. The van der Waals surface area contributed by atoms with Crippen LogP contribution in [-0.2, 0) is 19.4 Å². The van der Waals surface area contributed by atoms with Gasteiger partial charge in [-0.05, 0) is 61.6 Å². The number of ether oxygens (including phenoxy) is 1. The largest absolute Gasteiger partial charge is 0.361 e. The third-order valence-corrected chi connectivity index (χ3v) is 9.40. The summed E-state index contributed by atoms with van der Waals surface area (Å²) in [6, 6.07) is 13.4. The molecule has 0 N–H and O–H groups in total. The lowest BCUT2D eigenvalue weighted by atomic mass is 9.83. The Morgan fingerprint density at radius 2 is 1.59 bits per heavy atom. The monoisotopic (exact) mass is 525 g/mol. The molecule has 1 amide bonds. The van der Waals surface area contributed by atoms with E-state index in [0.717, 1.165) is 11.1 Å². The minimum atomic E-state index is -3.53. The third-order valence-electron chi connectivity index (χ3n) is 6.30. The van der Waals surface area contributed by atoms with Crippen molar-refractivity contribution in [3.63, 3.8) is 0 Å². The lowest BCUT2D eigenvalue weighted by Crippen LogP contribution is -2.58. The third kappa shape index (κ3) is 5.78. The van der Waals surface area contributed by atoms with Crippen molar-refractivity contribution in [2.45, 2.75) is 64.5 Å². The fraction of sp³-hybridized carbons (Fsp3) is 0.500. The molecule has 1 saturated heterocycles. The fourth-order valence-corrected chi connectivity index (χ4v) is 6.06. The van der Waals surface area contributed by atoms with E-state index < -0.39 is 38.2 Å². The summed E-state index contributed by atoms with van der Waals surface area (Å²) in [7, 11) is -3.53. The Labute approximate surface area is 213 Å². The average molecular weight is 527 g/mol. The highest BCUT2D eigenvalue weighted by Gasteiger charge is 2.48. The first-order valence-electron chi connectivity index (χ1n) is 11.3. The molecule has 1 heterocycles.